The number of nitrogens with zero attached hydrogens (tertiary/aromatic N) is 3. The van der Waals surface area contributed by atoms with Crippen LogP contribution in [-0.4, -0.2) is 33.8 Å². The third-order valence-corrected chi connectivity index (χ3v) is 6.55. The molecule has 0 aliphatic carbocycles. The number of halogens is 2. The molecule has 7 nitrogen and oxygen atoms in total. The number of nitrogens with one attached hydrogen (secondary N) is 1. The summed E-state index contributed by atoms with van der Waals surface area (Å²) >= 11 is 12.2. The number of hydrogen-bond acceptors (Lipinski definition) is 4. The molecular formula is C18H22Cl2N4O3Si. The van der Waals surface area contributed by atoms with Crippen molar-refractivity contribution in [3.63, 3.8) is 0 Å². The van der Waals surface area contributed by atoms with E-state index in [4.69, 9.17) is 27.9 Å². The Bertz CT molecular complexity index is 1100. The molecule has 0 atom stereocenters. The van der Waals surface area contributed by atoms with E-state index in [9.17, 15) is 9.59 Å². The summed E-state index contributed by atoms with van der Waals surface area (Å²) in [5, 5.41) is 0.740. The molecular weight excluding hydrogens is 419 g/mol. The maximum Gasteiger partial charge on any atom is 0.332 e. The highest BCUT2D eigenvalue weighted by atomic mass is 35.5. The molecule has 0 spiro atoms. The Morgan fingerprint density at radius 3 is 2.43 bits per heavy atom. The molecule has 0 fully saturated rings. The van der Waals surface area contributed by atoms with Crippen molar-refractivity contribution >= 4 is 42.4 Å². The highest BCUT2D eigenvalue weighted by molar-refractivity contribution is 6.76. The van der Waals surface area contributed by atoms with Crippen LogP contribution in [0.1, 0.15) is 5.56 Å². The van der Waals surface area contributed by atoms with Gasteiger partial charge in [-0.15, -0.1) is 0 Å². The number of imidazole rings is 1. The molecule has 0 saturated heterocycles. The first kappa shape index (κ1) is 20.9. The van der Waals surface area contributed by atoms with Gasteiger partial charge >= 0.3 is 5.69 Å². The molecule has 0 bridgehead atoms. The Morgan fingerprint density at radius 2 is 1.79 bits per heavy atom. The van der Waals surface area contributed by atoms with Gasteiger partial charge in [0, 0.05) is 19.7 Å². The summed E-state index contributed by atoms with van der Waals surface area (Å²) in [4.78, 5) is 31.3. The molecule has 150 valence electrons. The van der Waals surface area contributed by atoms with Crippen LogP contribution in [-0.2, 0) is 18.0 Å². The smallest absolute Gasteiger partial charge is 0.332 e. The predicted octanol–water partition coefficient (Wildman–Crippen LogP) is 3.55. The summed E-state index contributed by atoms with van der Waals surface area (Å²) < 4.78 is 8.54. The second-order valence-corrected chi connectivity index (χ2v) is 14.2. The third kappa shape index (κ3) is 4.75. The van der Waals surface area contributed by atoms with Gasteiger partial charge in [-0.25, -0.2) is 4.79 Å². The third-order valence-electron chi connectivity index (χ3n) is 4.31. The lowest BCUT2D eigenvalue weighted by atomic mass is 10.2. The number of H-pyrrole nitrogens is 1. The molecule has 3 rings (SSSR count). The van der Waals surface area contributed by atoms with E-state index < -0.39 is 19.3 Å². The van der Waals surface area contributed by atoms with Gasteiger partial charge in [-0.2, -0.15) is 4.98 Å². The highest BCUT2D eigenvalue weighted by Gasteiger charge is 2.18. The number of rotatable bonds is 7. The lowest BCUT2D eigenvalue weighted by Crippen LogP contribution is -2.32. The van der Waals surface area contributed by atoms with Crippen LogP contribution in [0.4, 0.5) is 0 Å². The average molecular weight is 441 g/mol. The Labute approximate surface area is 172 Å². The van der Waals surface area contributed by atoms with Crippen molar-refractivity contribution in [2.75, 3.05) is 6.61 Å². The number of ether oxygens (including phenoxy) is 1. The number of hydrogen-bond donors (Lipinski definition) is 1. The van der Waals surface area contributed by atoms with Crippen molar-refractivity contribution in [1.29, 1.82) is 0 Å². The van der Waals surface area contributed by atoms with Crippen LogP contribution in [0, 0.1) is 0 Å². The quantitative estimate of drug-likeness (QED) is 0.345. The first-order valence-electron chi connectivity index (χ1n) is 8.87. The van der Waals surface area contributed by atoms with Crippen molar-refractivity contribution < 1.29 is 4.74 Å². The Hall–Kier alpha value is -1.87. The van der Waals surface area contributed by atoms with Crippen molar-refractivity contribution in [1.82, 2.24) is 19.1 Å². The topological polar surface area (TPSA) is 81.9 Å². The normalized spacial score (nSPS) is 12.0. The van der Waals surface area contributed by atoms with E-state index in [0.717, 1.165) is 11.6 Å². The lowest BCUT2D eigenvalue weighted by Gasteiger charge is -2.15. The van der Waals surface area contributed by atoms with E-state index in [2.05, 4.69) is 29.6 Å². The van der Waals surface area contributed by atoms with Crippen LogP contribution >= 0.6 is 23.2 Å². The minimum Gasteiger partial charge on any atom is -0.361 e. The molecule has 0 amide bonds. The van der Waals surface area contributed by atoms with Gasteiger partial charge in [0.25, 0.3) is 5.56 Å². The molecule has 1 N–H and O–H groups in total. The molecule has 0 radical (unpaired) electrons. The zero-order valence-electron chi connectivity index (χ0n) is 16.0. The maximum atomic E-state index is 12.4. The fourth-order valence-electron chi connectivity index (χ4n) is 2.72. The number of aromatic amines is 1. The van der Waals surface area contributed by atoms with Crippen LogP contribution in [0.5, 0.6) is 0 Å². The minimum absolute atomic E-state index is 0.00484. The second kappa shape index (κ2) is 8.24. The highest BCUT2D eigenvalue weighted by Crippen LogP contribution is 2.19. The van der Waals surface area contributed by atoms with Gasteiger partial charge in [0.15, 0.2) is 11.2 Å². The molecule has 0 aliphatic rings. The lowest BCUT2D eigenvalue weighted by molar-refractivity contribution is 0.0865. The second-order valence-electron chi connectivity index (χ2n) is 7.80. The van der Waals surface area contributed by atoms with Crippen molar-refractivity contribution in [2.24, 2.45) is 0 Å². The number of aromatic nitrogens is 4. The molecule has 28 heavy (non-hydrogen) atoms. The summed E-state index contributed by atoms with van der Waals surface area (Å²) in [6, 6.07) is 8.18. The first-order chi connectivity index (χ1) is 13.2. The summed E-state index contributed by atoms with van der Waals surface area (Å²) in [7, 11) is -1.24. The SMILES string of the molecule is C[Si](C)(C)CCOCn1c(=O)[nH]c(=O)c2c1nc(Cl)n2Cc1ccc(Cl)cc1. The van der Waals surface area contributed by atoms with E-state index in [-0.39, 0.29) is 23.2 Å². The molecule has 10 heteroatoms. The fraction of sp³-hybridized carbons (Fsp3) is 0.389. The van der Waals surface area contributed by atoms with E-state index in [0.29, 0.717) is 18.2 Å². The van der Waals surface area contributed by atoms with Gasteiger partial charge in [0.05, 0.1) is 6.54 Å². The van der Waals surface area contributed by atoms with Gasteiger partial charge in [0.1, 0.15) is 6.73 Å². The van der Waals surface area contributed by atoms with Crippen molar-refractivity contribution in [3.8, 4) is 0 Å². The molecule has 2 heterocycles. The van der Waals surface area contributed by atoms with Crippen LogP contribution in [0.2, 0.25) is 36.0 Å². The molecule has 0 unspecified atom stereocenters. The fourth-order valence-corrected chi connectivity index (χ4v) is 3.82. The molecule has 0 saturated carbocycles. The molecule has 2 aromatic heterocycles. The number of benzene rings is 1. The van der Waals surface area contributed by atoms with E-state index in [1.165, 1.54) is 4.57 Å². The monoisotopic (exact) mass is 440 g/mol. The molecule has 0 aliphatic heterocycles. The summed E-state index contributed by atoms with van der Waals surface area (Å²) in [5.41, 5.74) is 0.230. The van der Waals surface area contributed by atoms with E-state index in [1.807, 2.05) is 12.1 Å². The van der Waals surface area contributed by atoms with Crippen LogP contribution in [0.15, 0.2) is 33.9 Å². The summed E-state index contributed by atoms with van der Waals surface area (Å²) in [6.07, 6.45) is 0. The zero-order valence-corrected chi connectivity index (χ0v) is 18.5. The van der Waals surface area contributed by atoms with Crippen LogP contribution in [0.25, 0.3) is 11.2 Å². The number of fused-ring (bicyclic) bond motifs is 1. The maximum absolute atomic E-state index is 12.4. The largest absolute Gasteiger partial charge is 0.361 e. The Balaban J connectivity index is 1.95. The Morgan fingerprint density at radius 1 is 1.11 bits per heavy atom. The Kier molecular flexibility index (Phi) is 6.14. The average Bonchev–Trinajstić information content (AvgIpc) is 2.92. The molecule has 3 aromatic rings. The van der Waals surface area contributed by atoms with Crippen molar-refractivity contribution in [2.45, 2.75) is 39.0 Å². The van der Waals surface area contributed by atoms with Gasteiger partial charge in [-0.1, -0.05) is 43.4 Å². The van der Waals surface area contributed by atoms with E-state index >= 15 is 0 Å². The standard InChI is InChI=1S/C18H22Cl2N4O3Si/c1-28(2,3)9-8-27-11-24-15-14(16(25)22-18(24)26)23(17(20)21-15)10-12-4-6-13(19)7-5-12/h4-7H,8-11H2,1-3H3,(H,22,25,26). The summed E-state index contributed by atoms with van der Waals surface area (Å²) in [5.74, 6) is 0. The van der Waals surface area contributed by atoms with Crippen molar-refractivity contribution in [3.05, 3.63) is 61.0 Å². The van der Waals surface area contributed by atoms with Gasteiger partial charge in [0.2, 0.25) is 5.28 Å². The molecule has 1 aromatic carbocycles. The van der Waals surface area contributed by atoms with Crippen LogP contribution in [0.3, 0.4) is 0 Å². The predicted molar refractivity (Wildman–Crippen MR) is 114 cm³/mol. The minimum atomic E-state index is -1.24. The van der Waals surface area contributed by atoms with Gasteiger partial charge < -0.3 is 9.30 Å². The van der Waals surface area contributed by atoms with Gasteiger partial charge in [-0.05, 0) is 35.3 Å². The van der Waals surface area contributed by atoms with Gasteiger partial charge in [-0.3, -0.25) is 14.3 Å². The summed E-state index contributed by atoms with van der Waals surface area (Å²) in [6.45, 7) is 7.62. The van der Waals surface area contributed by atoms with E-state index in [1.54, 1.807) is 16.7 Å². The zero-order chi connectivity index (χ0) is 20.5. The first-order valence-corrected chi connectivity index (χ1v) is 13.3. The van der Waals surface area contributed by atoms with Crippen LogP contribution < -0.4 is 11.2 Å².